The van der Waals surface area contributed by atoms with Gasteiger partial charge in [0.1, 0.15) is 0 Å². The summed E-state index contributed by atoms with van der Waals surface area (Å²) in [7, 11) is 0. The number of rotatable bonds is 7. The molecule has 1 aliphatic carbocycles. The highest BCUT2D eigenvalue weighted by Gasteiger charge is 2.80. The van der Waals surface area contributed by atoms with E-state index < -0.39 is 29.2 Å². The standard InChI is InChI=1S/C19H24BrN3O6/c20-12-6-13(9-21-8-12)23-14(10-22-3-1-2-4-22)5-11-7-18(11,23)19(29,17(27)28)15(24)16(25)26/h6,8-9,11,14-15,24,29H,1-5,7,10H2,(H,25,26)(H,27,28). The number of carbonyl (C=O) groups is 2. The first kappa shape index (κ1) is 20.5. The van der Waals surface area contributed by atoms with E-state index in [1.807, 2.05) is 4.90 Å². The summed E-state index contributed by atoms with van der Waals surface area (Å²) in [6.07, 6.45) is 3.86. The van der Waals surface area contributed by atoms with Crippen molar-refractivity contribution in [1.82, 2.24) is 9.88 Å². The van der Waals surface area contributed by atoms with Gasteiger partial charge in [-0.15, -0.1) is 0 Å². The van der Waals surface area contributed by atoms with Crippen LogP contribution in [0.3, 0.4) is 0 Å². The molecule has 158 valence electrons. The number of halogens is 1. The van der Waals surface area contributed by atoms with E-state index in [9.17, 15) is 30.0 Å². The molecule has 4 rings (SSSR count). The summed E-state index contributed by atoms with van der Waals surface area (Å²) >= 11 is 3.38. The molecule has 10 heteroatoms. The van der Waals surface area contributed by atoms with E-state index >= 15 is 0 Å². The number of carboxylic acid groups (broad SMARTS) is 2. The number of nitrogens with zero attached hydrogens (tertiary/aromatic N) is 3. The number of aliphatic hydroxyl groups excluding tert-OH is 1. The summed E-state index contributed by atoms with van der Waals surface area (Å²) in [5, 5.41) is 40.7. The molecule has 2 aliphatic heterocycles. The number of fused-ring (bicyclic) bond motifs is 1. The van der Waals surface area contributed by atoms with Gasteiger partial charge in [0.2, 0.25) is 5.60 Å². The van der Waals surface area contributed by atoms with E-state index in [0.717, 1.165) is 25.9 Å². The molecule has 0 spiro atoms. The van der Waals surface area contributed by atoms with Crippen molar-refractivity contribution in [3.05, 3.63) is 22.9 Å². The zero-order chi connectivity index (χ0) is 21.0. The fourth-order valence-corrected chi connectivity index (χ4v) is 5.76. The maximum Gasteiger partial charge on any atom is 0.341 e. The quantitative estimate of drug-likeness (QED) is 0.451. The highest BCUT2D eigenvalue weighted by atomic mass is 79.9. The molecule has 0 radical (unpaired) electrons. The third-order valence-corrected chi connectivity index (χ3v) is 7.11. The molecule has 9 nitrogen and oxygen atoms in total. The Hall–Kier alpha value is -1.75. The maximum atomic E-state index is 12.1. The van der Waals surface area contributed by atoms with Gasteiger partial charge in [0.05, 0.1) is 17.4 Å². The van der Waals surface area contributed by atoms with Gasteiger partial charge in [0, 0.05) is 23.3 Å². The number of aliphatic carboxylic acids is 2. The number of pyridine rings is 1. The number of anilines is 1. The largest absolute Gasteiger partial charge is 0.479 e. The predicted octanol–water partition coefficient (Wildman–Crippen LogP) is 0.539. The van der Waals surface area contributed by atoms with Crippen molar-refractivity contribution in [2.24, 2.45) is 5.92 Å². The lowest BCUT2D eigenvalue weighted by atomic mass is 9.83. The summed E-state index contributed by atoms with van der Waals surface area (Å²) in [6, 6.07) is 1.66. The second-order valence-corrected chi connectivity index (χ2v) is 9.18. The number of carboxylic acids is 2. The molecule has 3 heterocycles. The van der Waals surface area contributed by atoms with Crippen LogP contribution in [0.25, 0.3) is 0 Å². The minimum atomic E-state index is -2.84. The number of likely N-dealkylation sites (tertiary alicyclic amines) is 1. The van der Waals surface area contributed by atoms with E-state index in [4.69, 9.17) is 0 Å². The highest BCUT2D eigenvalue weighted by molar-refractivity contribution is 9.10. The molecule has 1 aromatic heterocycles. The van der Waals surface area contributed by atoms with Crippen LogP contribution in [0, 0.1) is 5.92 Å². The van der Waals surface area contributed by atoms with Crippen LogP contribution < -0.4 is 4.90 Å². The first-order valence-electron chi connectivity index (χ1n) is 9.70. The van der Waals surface area contributed by atoms with Crippen molar-refractivity contribution in [3.8, 4) is 0 Å². The lowest BCUT2D eigenvalue weighted by molar-refractivity contribution is -0.189. The van der Waals surface area contributed by atoms with Crippen molar-refractivity contribution >= 4 is 33.6 Å². The summed E-state index contributed by atoms with van der Waals surface area (Å²) in [5.74, 6) is -3.72. The minimum absolute atomic E-state index is 0.116. The van der Waals surface area contributed by atoms with Crippen molar-refractivity contribution in [2.45, 2.75) is 49.0 Å². The lowest BCUT2D eigenvalue weighted by Crippen LogP contribution is -2.68. The molecule has 1 saturated carbocycles. The van der Waals surface area contributed by atoms with Crippen molar-refractivity contribution in [3.63, 3.8) is 0 Å². The lowest BCUT2D eigenvalue weighted by Gasteiger charge is -2.44. The Balaban J connectivity index is 1.78. The van der Waals surface area contributed by atoms with Crippen LogP contribution in [0.5, 0.6) is 0 Å². The van der Waals surface area contributed by atoms with Crippen LogP contribution in [0.4, 0.5) is 5.69 Å². The zero-order valence-electron chi connectivity index (χ0n) is 15.7. The van der Waals surface area contributed by atoms with Crippen molar-refractivity contribution < 1.29 is 30.0 Å². The maximum absolute atomic E-state index is 12.1. The van der Waals surface area contributed by atoms with Gasteiger partial charge >= 0.3 is 11.9 Å². The number of piperidine rings is 1. The Bertz CT molecular complexity index is 834. The van der Waals surface area contributed by atoms with Crippen molar-refractivity contribution in [1.29, 1.82) is 0 Å². The Morgan fingerprint density at radius 3 is 2.59 bits per heavy atom. The molecule has 0 amide bonds. The van der Waals surface area contributed by atoms with Gasteiger partial charge in [-0.05, 0) is 66.7 Å². The van der Waals surface area contributed by atoms with Crippen molar-refractivity contribution in [2.75, 3.05) is 24.5 Å². The first-order chi connectivity index (χ1) is 13.7. The average molecular weight is 470 g/mol. The number of aromatic nitrogens is 1. The molecule has 29 heavy (non-hydrogen) atoms. The van der Waals surface area contributed by atoms with Gasteiger partial charge in [-0.2, -0.15) is 0 Å². The molecule has 0 bridgehead atoms. The Kier molecular flexibility index (Phi) is 5.09. The topological polar surface area (TPSA) is 134 Å². The third kappa shape index (κ3) is 3.04. The summed E-state index contributed by atoms with van der Waals surface area (Å²) < 4.78 is 0.687. The van der Waals surface area contributed by atoms with Crippen LogP contribution in [0.15, 0.2) is 22.9 Å². The summed E-state index contributed by atoms with van der Waals surface area (Å²) in [4.78, 5) is 31.9. The predicted molar refractivity (Wildman–Crippen MR) is 106 cm³/mol. The average Bonchev–Trinajstić information content (AvgIpc) is 3.02. The Morgan fingerprint density at radius 1 is 1.31 bits per heavy atom. The van der Waals surface area contributed by atoms with Gasteiger partial charge < -0.3 is 30.2 Å². The summed E-state index contributed by atoms with van der Waals surface area (Å²) in [5.41, 5.74) is -3.64. The van der Waals surface area contributed by atoms with Crippen LogP contribution in [0.2, 0.25) is 0 Å². The summed E-state index contributed by atoms with van der Waals surface area (Å²) in [6.45, 7) is 2.60. The molecule has 2 saturated heterocycles. The monoisotopic (exact) mass is 469 g/mol. The van der Waals surface area contributed by atoms with Gasteiger partial charge in [-0.1, -0.05) is 0 Å². The molecule has 4 N–H and O–H groups in total. The Labute approximate surface area is 176 Å². The number of hydrogen-bond acceptors (Lipinski definition) is 7. The Morgan fingerprint density at radius 2 is 2.00 bits per heavy atom. The molecule has 3 fully saturated rings. The second kappa shape index (κ2) is 7.19. The minimum Gasteiger partial charge on any atom is -0.479 e. The van der Waals surface area contributed by atoms with Gasteiger partial charge in [0.15, 0.2) is 6.10 Å². The van der Waals surface area contributed by atoms with Gasteiger partial charge in [-0.3, -0.25) is 4.98 Å². The van der Waals surface area contributed by atoms with Crippen LogP contribution >= 0.6 is 15.9 Å². The van der Waals surface area contributed by atoms with E-state index in [2.05, 4.69) is 25.8 Å². The van der Waals surface area contributed by atoms with Crippen LogP contribution in [-0.4, -0.2) is 85.2 Å². The first-order valence-corrected chi connectivity index (χ1v) is 10.5. The SMILES string of the molecule is O=C(O)C(O)C(O)(C(=O)O)C12CC1CC(CN1CCCC1)N2c1cncc(Br)c1. The van der Waals surface area contributed by atoms with E-state index in [1.165, 1.54) is 0 Å². The molecular weight excluding hydrogens is 446 g/mol. The number of aliphatic hydroxyl groups is 2. The highest BCUT2D eigenvalue weighted by Crippen LogP contribution is 2.65. The normalized spacial score (nSPS) is 31.9. The fourth-order valence-electron chi connectivity index (χ4n) is 5.41. The smallest absolute Gasteiger partial charge is 0.341 e. The molecule has 5 atom stereocenters. The van der Waals surface area contributed by atoms with Gasteiger partial charge in [0.25, 0.3) is 0 Å². The van der Waals surface area contributed by atoms with Crippen LogP contribution in [-0.2, 0) is 9.59 Å². The van der Waals surface area contributed by atoms with E-state index in [-0.39, 0.29) is 12.0 Å². The van der Waals surface area contributed by atoms with E-state index in [1.54, 1.807) is 18.5 Å². The third-order valence-electron chi connectivity index (χ3n) is 6.68. The molecule has 0 aromatic carbocycles. The molecule has 1 aromatic rings. The molecular formula is C19H24BrN3O6. The second-order valence-electron chi connectivity index (χ2n) is 8.27. The molecule has 5 unspecified atom stereocenters. The fraction of sp³-hybridized carbons (Fsp3) is 0.632. The van der Waals surface area contributed by atoms with E-state index in [0.29, 0.717) is 29.5 Å². The zero-order valence-corrected chi connectivity index (χ0v) is 17.3. The van der Waals surface area contributed by atoms with Crippen LogP contribution in [0.1, 0.15) is 25.7 Å². The number of hydrogen-bond donors (Lipinski definition) is 4. The molecule has 3 aliphatic rings. The van der Waals surface area contributed by atoms with Gasteiger partial charge in [-0.25, -0.2) is 9.59 Å².